The Hall–Kier alpha value is -2.57. The zero-order valence-corrected chi connectivity index (χ0v) is 16.1. The molecule has 0 unspecified atom stereocenters. The predicted molar refractivity (Wildman–Crippen MR) is 99.0 cm³/mol. The van der Waals surface area contributed by atoms with Crippen molar-refractivity contribution in [2.24, 2.45) is 5.92 Å². The Labute approximate surface area is 159 Å². The summed E-state index contributed by atoms with van der Waals surface area (Å²) in [5.41, 5.74) is 0.482. The highest BCUT2D eigenvalue weighted by Gasteiger charge is 2.23. The number of nitrogens with one attached hydrogen (secondary N) is 1. The van der Waals surface area contributed by atoms with Crippen molar-refractivity contribution in [1.29, 1.82) is 0 Å². The van der Waals surface area contributed by atoms with Crippen LogP contribution in [0.3, 0.4) is 0 Å². The average Bonchev–Trinajstić information content (AvgIpc) is 2.66. The average molecular weight is 377 g/mol. The lowest BCUT2D eigenvalue weighted by Gasteiger charge is -2.29. The van der Waals surface area contributed by atoms with Gasteiger partial charge in [-0.3, -0.25) is 9.59 Å². The van der Waals surface area contributed by atoms with Crippen molar-refractivity contribution in [2.45, 2.75) is 45.6 Å². The number of hydrogen-bond acceptors (Lipinski definition) is 6. The maximum absolute atomic E-state index is 12.0. The van der Waals surface area contributed by atoms with Crippen LogP contribution in [0.15, 0.2) is 18.2 Å². The number of amides is 1. The van der Waals surface area contributed by atoms with E-state index in [1.807, 2.05) is 0 Å². The van der Waals surface area contributed by atoms with Crippen LogP contribution in [0.2, 0.25) is 0 Å². The first kappa shape index (κ1) is 20.7. The number of esters is 1. The highest BCUT2D eigenvalue weighted by Crippen LogP contribution is 2.28. The fourth-order valence-corrected chi connectivity index (χ4v) is 3.11. The van der Waals surface area contributed by atoms with E-state index in [4.69, 9.17) is 14.2 Å². The molecular weight excluding hydrogens is 350 g/mol. The summed E-state index contributed by atoms with van der Waals surface area (Å²) >= 11 is 0. The normalized spacial score (nSPS) is 19.1. The van der Waals surface area contributed by atoms with Gasteiger partial charge in [0.1, 0.15) is 0 Å². The van der Waals surface area contributed by atoms with Crippen LogP contribution in [-0.4, -0.2) is 44.0 Å². The molecule has 1 amide bonds. The zero-order chi connectivity index (χ0) is 19.8. The van der Waals surface area contributed by atoms with E-state index < -0.39 is 5.97 Å². The first-order valence-corrected chi connectivity index (χ1v) is 9.17. The van der Waals surface area contributed by atoms with Crippen molar-refractivity contribution in [1.82, 2.24) is 5.32 Å². The second-order valence-corrected chi connectivity index (χ2v) is 6.81. The van der Waals surface area contributed by atoms with Crippen molar-refractivity contribution >= 4 is 17.7 Å². The van der Waals surface area contributed by atoms with Gasteiger partial charge in [0.25, 0.3) is 5.91 Å². The number of hydrogen-bond donors (Lipinski definition) is 1. The van der Waals surface area contributed by atoms with Crippen LogP contribution >= 0.6 is 0 Å². The lowest BCUT2D eigenvalue weighted by Crippen LogP contribution is -2.43. The highest BCUT2D eigenvalue weighted by molar-refractivity contribution is 5.94. The number of ether oxygens (including phenoxy) is 3. The predicted octanol–water partition coefficient (Wildman–Crippen LogP) is 2.51. The van der Waals surface area contributed by atoms with Gasteiger partial charge in [0.15, 0.2) is 30.5 Å². The molecule has 1 aromatic rings. The molecule has 2 rings (SSSR count). The van der Waals surface area contributed by atoms with Gasteiger partial charge < -0.3 is 19.5 Å². The van der Waals surface area contributed by atoms with Gasteiger partial charge in [-0.25, -0.2) is 4.79 Å². The third-order valence-corrected chi connectivity index (χ3v) is 4.74. The van der Waals surface area contributed by atoms with E-state index in [-0.39, 0.29) is 30.9 Å². The summed E-state index contributed by atoms with van der Waals surface area (Å²) < 4.78 is 15.5. The molecule has 0 aromatic heterocycles. The van der Waals surface area contributed by atoms with Gasteiger partial charge in [0.2, 0.25) is 0 Å². The van der Waals surface area contributed by atoms with Crippen molar-refractivity contribution in [3.8, 4) is 11.5 Å². The summed E-state index contributed by atoms with van der Waals surface area (Å²) in [6.45, 7) is 2.88. The minimum Gasteiger partial charge on any atom is -0.493 e. The fourth-order valence-electron chi connectivity index (χ4n) is 3.11. The Morgan fingerprint density at radius 2 is 1.85 bits per heavy atom. The Balaban J connectivity index is 1.77. The number of carbonyl (C=O) groups is 3. The van der Waals surface area contributed by atoms with Gasteiger partial charge in [-0.05, 0) is 43.9 Å². The molecule has 0 heterocycles. The topological polar surface area (TPSA) is 90.9 Å². The Bertz CT molecular complexity index is 687. The number of benzene rings is 1. The molecule has 27 heavy (non-hydrogen) atoms. The molecule has 0 spiro atoms. The van der Waals surface area contributed by atoms with Gasteiger partial charge in [-0.1, -0.05) is 19.8 Å². The molecule has 7 nitrogen and oxygen atoms in total. The number of rotatable bonds is 8. The Kier molecular flexibility index (Phi) is 7.64. The van der Waals surface area contributed by atoms with Crippen LogP contribution in [0, 0.1) is 5.92 Å². The Morgan fingerprint density at radius 1 is 1.11 bits per heavy atom. The van der Waals surface area contributed by atoms with Crippen molar-refractivity contribution < 1.29 is 28.6 Å². The standard InChI is InChI=1S/C20H27NO6/c1-13-6-4-5-7-16(13)21-19(23)11-27-20(24)12-26-17-9-8-15(14(2)22)10-18(17)25-3/h8-10,13,16H,4-7,11-12H2,1-3H3,(H,21,23)/t13-,16-/m0/s1. The van der Waals surface area contributed by atoms with E-state index >= 15 is 0 Å². The molecule has 1 aliphatic rings. The summed E-state index contributed by atoms with van der Waals surface area (Å²) in [5.74, 6) is 0.0502. The molecule has 0 aliphatic heterocycles. The second-order valence-electron chi connectivity index (χ2n) is 6.81. The van der Waals surface area contributed by atoms with E-state index in [1.54, 1.807) is 18.2 Å². The molecule has 148 valence electrons. The van der Waals surface area contributed by atoms with Gasteiger partial charge in [0, 0.05) is 11.6 Å². The Morgan fingerprint density at radius 3 is 2.52 bits per heavy atom. The van der Waals surface area contributed by atoms with Crippen LogP contribution in [-0.2, 0) is 14.3 Å². The molecule has 2 atom stereocenters. The number of Topliss-reactive ketones (excluding diaryl/α,β-unsaturated/α-hetero) is 1. The molecule has 7 heteroatoms. The maximum Gasteiger partial charge on any atom is 0.344 e. The molecule has 1 aliphatic carbocycles. The third kappa shape index (κ3) is 6.27. The van der Waals surface area contributed by atoms with E-state index in [1.165, 1.54) is 20.5 Å². The first-order chi connectivity index (χ1) is 12.9. The molecule has 1 aromatic carbocycles. The second kappa shape index (κ2) is 9.94. The van der Waals surface area contributed by atoms with Crippen LogP contribution in [0.25, 0.3) is 0 Å². The number of methoxy groups -OCH3 is 1. The SMILES string of the molecule is COc1cc(C(C)=O)ccc1OCC(=O)OCC(=O)N[C@H]1CCCC[C@@H]1C. The summed E-state index contributed by atoms with van der Waals surface area (Å²) in [5, 5.41) is 2.92. The lowest BCUT2D eigenvalue weighted by atomic mass is 9.86. The third-order valence-electron chi connectivity index (χ3n) is 4.74. The monoisotopic (exact) mass is 377 g/mol. The fraction of sp³-hybridized carbons (Fsp3) is 0.550. The minimum atomic E-state index is -0.653. The quantitative estimate of drug-likeness (QED) is 0.553. The van der Waals surface area contributed by atoms with E-state index in [9.17, 15) is 14.4 Å². The maximum atomic E-state index is 12.0. The summed E-state index contributed by atoms with van der Waals surface area (Å²) in [6.07, 6.45) is 4.35. The molecular formula is C20H27NO6. The van der Waals surface area contributed by atoms with E-state index in [2.05, 4.69) is 12.2 Å². The molecule has 1 fully saturated rings. The summed E-state index contributed by atoms with van der Waals surface area (Å²) in [7, 11) is 1.45. The van der Waals surface area contributed by atoms with Crippen LogP contribution in [0.5, 0.6) is 11.5 Å². The van der Waals surface area contributed by atoms with E-state index in [0.717, 1.165) is 19.3 Å². The van der Waals surface area contributed by atoms with Gasteiger partial charge in [0.05, 0.1) is 7.11 Å². The molecule has 0 radical (unpaired) electrons. The number of carbonyl (C=O) groups excluding carboxylic acids is 3. The van der Waals surface area contributed by atoms with Gasteiger partial charge in [-0.2, -0.15) is 0 Å². The van der Waals surface area contributed by atoms with Gasteiger partial charge in [-0.15, -0.1) is 0 Å². The minimum absolute atomic E-state index is 0.0995. The smallest absolute Gasteiger partial charge is 0.344 e. The molecule has 1 N–H and O–H groups in total. The van der Waals surface area contributed by atoms with Crippen molar-refractivity contribution in [3.63, 3.8) is 0 Å². The van der Waals surface area contributed by atoms with Crippen LogP contribution in [0.4, 0.5) is 0 Å². The first-order valence-electron chi connectivity index (χ1n) is 9.17. The molecule has 0 bridgehead atoms. The number of ketones is 1. The van der Waals surface area contributed by atoms with Crippen LogP contribution in [0.1, 0.15) is 49.9 Å². The summed E-state index contributed by atoms with van der Waals surface area (Å²) in [4.78, 5) is 35.2. The van der Waals surface area contributed by atoms with Crippen molar-refractivity contribution in [3.05, 3.63) is 23.8 Å². The zero-order valence-electron chi connectivity index (χ0n) is 16.1. The van der Waals surface area contributed by atoms with Crippen LogP contribution < -0.4 is 14.8 Å². The largest absolute Gasteiger partial charge is 0.493 e. The summed E-state index contributed by atoms with van der Waals surface area (Å²) in [6, 6.07) is 4.83. The van der Waals surface area contributed by atoms with Gasteiger partial charge >= 0.3 is 5.97 Å². The molecule has 0 saturated heterocycles. The van der Waals surface area contributed by atoms with Crippen molar-refractivity contribution in [2.75, 3.05) is 20.3 Å². The van der Waals surface area contributed by atoms with E-state index in [0.29, 0.717) is 23.0 Å². The highest BCUT2D eigenvalue weighted by atomic mass is 16.6. The lowest BCUT2D eigenvalue weighted by molar-refractivity contribution is -0.150. The molecule has 1 saturated carbocycles.